The fraction of sp³-hybridized carbons (Fsp3) is 0.318. The Hall–Kier alpha value is -2.73. The van der Waals surface area contributed by atoms with Gasteiger partial charge in [-0.05, 0) is 68.0 Å². The van der Waals surface area contributed by atoms with Crippen LogP contribution >= 0.6 is 11.3 Å². The molecule has 1 aliphatic carbocycles. The molecule has 0 unspecified atom stereocenters. The first-order chi connectivity index (χ1) is 13.6. The van der Waals surface area contributed by atoms with E-state index in [1.54, 1.807) is 35.6 Å². The summed E-state index contributed by atoms with van der Waals surface area (Å²) >= 11 is 1.79. The van der Waals surface area contributed by atoms with Crippen molar-refractivity contribution in [2.45, 2.75) is 45.4 Å². The van der Waals surface area contributed by atoms with E-state index in [4.69, 9.17) is 15.1 Å². The Kier molecular flexibility index (Phi) is 5.13. The predicted molar refractivity (Wildman–Crippen MR) is 113 cm³/mol. The standard InChI is InChI=1S/C22H23N3O2S/c1-3-16-17(4-2)24-21(19-12-11-18(28-19)13-5-6-13)25-20(16)23-15-9-7-14(8-10-15)22(26)27/h7-13H,3-6H2,1-2H3,(H,26,27)(H,23,24,25). The van der Waals surface area contributed by atoms with Gasteiger partial charge in [-0.1, -0.05) is 13.8 Å². The van der Waals surface area contributed by atoms with Gasteiger partial charge in [-0.2, -0.15) is 0 Å². The van der Waals surface area contributed by atoms with Gasteiger partial charge in [-0.3, -0.25) is 0 Å². The van der Waals surface area contributed by atoms with E-state index in [0.29, 0.717) is 0 Å². The number of carboxylic acids is 1. The zero-order chi connectivity index (χ0) is 19.7. The molecule has 0 spiro atoms. The van der Waals surface area contributed by atoms with Crippen molar-refractivity contribution in [3.05, 3.63) is 58.1 Å². The number of thiophene rings is 1. The van der Waals surface area contributed by atoms with Crippen molar-refractivity contribution in [2.75, 3.05) is 5.32 Å². The summed E-state index contributed by atoms with van der Waals surface area (Å²) in [4.78, 5) is 23.3. The fourth-order valence-electron chi connectivity index (χ4n) is 3.30. The van der Waals surface area contributed by atoms with Gasteiger partial charge in [0.2, 0.25) is 0 Å². The topological polar surface area (TPSA) is 75.1 Å². The number of nitrogens with zero attached hydrogens (tertiary/aromatic N) is 2. The van der Waals surface area contributed by atoms with Crippen LogP contribution in [0.5, 0.6) is 0 Å². The smallest absolute Gasteiger partial charge is 0.335 e. The molecule has 144 valence electrons. The highest BCUT2D eigenvalue weighted by atomic mass is 32.1. The molecule has 3 aromatic rings. The van der Waals surface area contributed by atoms with Gasteiger partial charge < -0.3 is 10.4 Å². The highest BCUT2D eigenvalue weighted by molar-refractivity contribution is 7.15. The van der Waals surface area contributed by atoms with Crippen molar-refractivity contribution in [3.63, 3.8) is 0 Å². The lowest BCUT2D eigenvalue weighted by molar-refractivity contribution is 0.0697. The zero-order valence-electron chi connectivity index (χ0n) is 16.0. The Balaban J connectivity index is 1.70. The van der Waals surface area contributed by atoms with E-state index in [1.807, 2.05) is 0 Å². The molecule has 1 saturated carbocycles. The average molecular weight is 394 g/mol. The molecule has 0 aliphatic heterocycles. The maximum absolute atomic E-state index is 11.1. The number of hydrogen-bond acceptors (Lipinski definition) is 5. The molecular weight excluding hydrogens is 370 g/mol. The summed E-state index contributed by atoms with van der Waals surface area (Å²) in [7, 11) is 0. The van der Waals surface area contributed by atoms with Gasteiger partial charge in [0.05, 0.1) is 10.4 Å². The average Bonchev–Trinajstić information content (AvgIpc) is 3.44. The molecule has 1 aromatic carbocycles. The molecular formula is C22H23N3O2S. The molecule has 0 saturated heterocycles. The first-order valence-corrected chi connectivity index (χ1v) is 10.5. The van der Waals surface area contributed by atoms with Crippen LogP contribution in [0.1, 0.15) is 59.1 Å². The quantitative estimate of drug-likeness (QED) is 0.542. The summed E-state index contributed by atoms with van der Waals surface area (Å²) in [5, 5.41) is 12.5. The summed E-state index contributed by atoms with van der Waals surface area (Å²) < 4.78 is 0. The summed E-state index contributed by atoms with van der Waals surface area (Å²) in [6.07, 6.45) is 4.24. The largest absolute Gasteiger partial charge is 0.478 e. The highest BCUT2D eigenvalue weighted by Crippen LogP contribution is 2.44. The van der Waals surface area contributed by atoms with Crippen LogP contribution in [0.15, 0.2) is 36.4 Å². The molecule has 0 atom stereocenters. The molecule has 2 aromatic heterocycles. The van der Waals surface area contributed by atoms with Gasteiger partial charge >= 0.3 is 5.97 Å². The van der Waals surface area contributed by atoms with Crippen molar-refractivity contribution < 1.29 is 9.90 Å². The maximum atomic E-state index is 11.1. The monoisotopic (exact) mass is 393 g/mol. The minimum absolute atomic E-state index is 0.269. The molecule has 0 bridgehead atoms. The molecule has 2 N–H and O–H groups in total. The van der Waals surface area contributed by atoms with E-state index < -0.39 is 5.97 Å². The van der Waals surface area contributed by atoms with E-state index in [2.05, 4.69) is 31.3 Å². The molecule has 0 amide bonds. The number of anilines is 2. The third-order valence-electron chi connectivity index (χ3n) is 5.00. The summed E-state index contributed by atoms with van der Waals surface area (Å²) in [6.45, 7) is 4.22. The Bertz CT molecular complexity index is 1010. The molecule has 28 heavy (non-hydrogen) atoms. The number of carbonyl (C=O) groups is 1. The van der Waals surface area contributed by atoms with Crippen molar-refractivity contribution in [1.29, 1.82) is 0 Å². The number of benzene rings is 1. The Morgan fingerprint density at radius 3 is 2.46 bits per heavy atom. The Labute approximate surface area is 168 Å². The SMILES string of the molecule is CCc1nc(-c2ccc(C3CC3)s2)nc(Nc2ccc(C(=O)O)cc2)c1CC. The lowest BCUT2D eigenvalue weighted by atomic mass is 10.1. The van der Waals surface area contributed by atoms with Crippen LogP contribution in [-0.2, 0) is 12.8 Å². The number of hydrogen-bond donors (Lipinski definition) is 2. The van der Waals surface area contributed by atoms with E-state index >= 15 is 0 Å². The van der Waals surface area contributed by atoms with Gasteiger partial charge in [-0.15, -0.1) is 11.3 Å². The number of aryl methyl sites for hydroxylation is 1. The van der Waals surface area contributed by atoms with Crippen LogP contribution in [0.25, 0.3) is 10.7 Å². The minimum atomic E-state index is -0.928. The number of rotatable bonds is 7. The highest BCUT2D eigenvalue weighted by Gasteiger charge is 2.25. The van der Waals surface area contributed by atoms with Crippen LogP contribution in [0.3, 0.4) is 0 Å². The molecule has 4 rings (SSSR count). The first kappa shape index (κ1) is 18.6. The molecule has 1 aliphatic rings. The summed E-state index contributed by atoms with van der Waals surface area (Å²) in [5.41, 5.74) is 3.24. The summed E-state index contributed by atoms with van der Waals surface area (Å²) in [5.74, 6) is 1.36. The molecule has 5 nitrogen and oxygen atoms in total. The lowest BCUT2D eigenvalue weighted by Gasteiger charge is -2.15. The number of aromatic nitrogens is 2. The Morgan fingerprint density at radius 2 is 1.86 bits per heavy atom. The van der Waals surface area contributed by atoms with Crippen LogP contribution in [0.2, 0.25) is 0 Å². The van der Waals surface area contributed by atoms with Crippen molar-refractivity contribution in [3.8, 4) is 10.7 Å². The van der Waals surface area contributed by atoms with E-state index in [-0.39, 0.29) is 5.56 Å². The minimum Gasteiger partial charge on any atom is -0.478 e. The second kappa shape index (κ2) is 7.72. The van der Waals surface area contributed by atoms with Gasteiger partial charge in [0.15, 0.2) is 5.82 Å². The van der Waals surface area contributed by atoms with Gasteiger partial charge in [0.25, 0.3) is 0 Å². The van der Waals surface area contributed by atoms with Crippen LogP contribution in [0.4, 0.5) is 11.5 Å². The fourth-order valence-corrected chi connectivity index (χ4v) is 4.41. The number of carboxylic acid groups (broad SMARTS) is 1. The third kappa shape index (κ3) is 3.78. The van der Waals surface area contributed by atoms with Crippen molar-refractivity contribution in [2.24, 2.45) is 0 Å². The second-order valence-electron chi connectivity index (χ2n) is 7.01. The van der Waals surface area contributed by atoms with Crippen LogP contribution < -0.4 is 5.32 Å². The second-order valence-corrected chi connectivity index (χ2v) is 8.13. The van der Waals surface area contributed by atoms with E-state index in [1.165, 1.54) is 17.7 Å². The Morgan fingerprint density at radius 1 is 1.11 bits per heavy atom. The van der Waals surface area contributed by atoms with Crippen molar-refractivity contribution >= 4 is 28.8 Å². The first-order valence-electron chi connectivity index (χ1n) is 9.69. The molecule has 0 radical (unpaired) electrons. The zero-order valence-corrected chi connectivity index (χ0v) is 16.8. The van der Waals surface area contributed by atoms with Crippen LogP contribution in [-0.4, -0.2) is 21.0 Å². The normalized spacial score (nSPS) is 13.5. The van der Waals surface area contributed by atoms with E-state index in [0.717, 1.165) is 52.2 Å². The summed E-state index contributed by atoms with van der Waals surface area (Å²) in [6, 6.07) is 11.1. The maximum Gasteiger partial charge on any atom is 0.335 e. The third-order valence-corrected chi connectivity index (χ3v) is 6.25. The molecule has 2 heterocycles. The molecule has 6 heteroatoms. The van der Waals surface area contributed by atoms with Crippen molar-refractivity contribution in [1.82, 2.24) is 9.97 Å². The number of nitrogens with one attached hydrogen (secondary N) is 1. The number of aromatic carboxylic acids is 1. The lowest BCUT2D eigenvalue weighted by Crippen LogP contribution is -2.07. The van der Waals surface area contributed by atoms with Gasteiger partial charge in [-0.25, -0.2) is 14.8 Å². The van der Waals surface area contributed by atoms with Gasteiger partial charge in [0.1, 0.15) is 5.82 Å². The van der Waals surface area contributed by atoms with E-state index in [9.17, 15) is 4.79 Å². The predicted octanol–water partition coefficient (Wildman–Crippen LogP) is 5.65. The molecule has 1 fully saturated rings. The van der Waals surface area contributed by atoms with Gasteiger partial charge in [0, 0.05) is 21.8 Å². The van der Waals surface area contributed by atoms with Crippen LogP contribution in [0, 0.1) is 0 Å².